The highest BCUT2D eigenvalue weighted by atomic mass is 16.4. The number of aromatic amines is 2. The van der Waals surface area contributed by atoms with E-state index >= 15 is 0 Å². The summed E-state index contributed by atoms with van der Waals surface area (Å²) < 4.78 is 0. The van der Waals surface area contributed by atoms with E-state index in [1.54, 1.807) is 6.08 Å². The van der Waals surface area contributed by atoms with Gasteiger partial charge in [-0.05, 0) is 91.8 Å². The summed E-state index contributed by atoms with van der Waals surface area (Å²) in [6, 6.07) is 7.81. The van der Waals surface area contributed by atoms with Gasteiger partial charge in [0.25, 0.3) is 0 Å². The average molecular weight is 565 g/mol. The van der Waals surface area contributed by atoms with E-state index in [1.807, 2.05) is 57.2 Å². The molecule has 0 atom stereocenters. The first-order chi connectivity index (χ1) is 19.6. The Bertz CT molecular complexity index is 1870. The Morgan fingerprint density at radius 1 is 0.786 bits per heavy atom. The highest BCUT2D eigenvalue weighted by molar-refractivity contribution is 5.97. The molecular weight excluding hydrogens is 528 g/mol. The van der Waals surface area contributed by atoms with Crippen molar-refractivity contribution in [2.75, 3.05) is 0 Å². The van der Waals surface area contributed by atoms with E-state index in [0.29, 0.717) is 24.2 Å². The molecule has 8 heteroatoms. The lowest BCUT2D eigenvalue weighted by Gasteiger charge is -2.01. The summed E-state index contributed by atoms with van der Waals surface area (Å²) in [4.78, 5) is 39.7. The quantitative estimate of drug-likeness (QED) is 0.221. The second-order valence-electron chi connectivity index (χ2n) is 10.3. The number of hydrogen-bond acceptors (Lipinski definition) is 4. The molecule has 2 aliphatic rings. The molecule has 0 spiro atoms. The number of aromatic nitrogens is 4. The van der Waals surface area contributed by atoms with Crippen LogP contribution < -0.4 is 0 Å². The van der Waals surface area contributed by atoms with Crippen LogP contribution in [0.5, 0.6) is 0 Å². The largest absolute Gasteiger partial charge is 0.481 e. The van der Waals surface area contributed by atoms with Gasteiger partial charge in [0.2, 0.25) is 0 Å². The monoisotopic (exact) mass is 564 g/mol. The average Bonchev–Trinajstić information content (AvgIpc) is 3.61. The number of nitrogens with one attached hydrogen (secondary N) is 2. The second kappa shape index (κ2) is 11.9. The number of carboxylic acids is 2. The van der Waals surface area contributed by atoms with Crippen LogP contribution in [0.25, 0.3) is 50.9 Å². The molecule has 0 aromatic carbocycles. The third-order valence-electron chi connectivity index (χ3n) is 7.77. The number of nitrogens with zero attached hydrogens (tertiary/aromatic N) is 2. The first-order valence-corrected chi connectivity index (χ1v) is 13.4. The molecule has 42 heavy (non-hydrogen) atoms. The van der Waals surface area contributed by atoms with Crippen molar-refractivity contribution in [2.45, 2.75) is 53.9 Å². The minimum Gasteiger partial charge on any atom is -0.481 e. The van der Waals surface area contributed by atoms with Crippen molar-refractivity contribution in [3.8, 4) is 0 Å². The van der Waals surface area contributed by atoms with Gasteiger partial charge in [0, 0.05) is 46.0 Å². The molecule has 5 heterocycles. The number of fused-ring (bicyclic) bond motifs is 8. The van der Waals surface area contributed by atoms with Crippen molar-refractivity contribution in [3.05, 3.63) is 88.5 Å². The Balaban J connectivity index is 0.00000405. The summed E-state index contributed by atoms with van der Waals surface area (Å²) in [5.74, 6) is -1.77. The van der Waals surface area contributed by atoms with Crippen molar-refractivity contribution in [1.29, 1.82) is 0 Å². The molecule has 3 aromatic rings. The fourth-order valence-electron chi connectivity index (χ4n) is 5.48. The predicted molar refractivity (Wildman–Crippen MR) is 171 cm³/mol. The van der Waals surface area contributed by atoms with Crippen molar-refractivity contribution in [3.63, 3.8) is 0 Å². The van der Waals surface area contributed by atoms with Crippen molar-refractivity contribution < 1.29 is 19.8 Å². The van der Waals surface area contributed by atoms with Crippen LogP contribution in [-0.4, -0.2) is 42.1 Å². The molecule has 2 aliphatic heterocycles. The van der Waals surface area contributed by atoms with Crippen LogP contribution in [0.4, 0.5) is 0 Å². The summed E-state index contributed by atoms with van der Waals surface area (Å²) in [5, 5.41) is 18.8. The van der Waals surface area contributed by atoms with Gasteiger partial charge in [-0.2, -0.15) is 0 Å². The number of carboxylic acid groups (broad SMARTS) is 2. The molecule has 216 valence electrons. The molecule has 0 aliphatic carbocycles. The third kappa shape index (κ3) is 5.61. The zero-order valence-electron chi connectivity index (χ0n) is 23.4. The standard InChI is InChI=1S/C33H32N4O4.CH4/c1-6-22-17(3)25-13-21-12-20(8-10-32(38)39)28(34-21)16-31-24(9-11-33(40)41)19(5)27(37-31)15-30-23(7-2)18(4)26(36-30)14-29(22)35-25;/h6-7,12-16,36-37H,1-2,8-11H2,3-5H3,(H,38,39)(H,40,41);1H4. The van der Waals surface area contributed by atoms with Crippen LogP contribution in [0.15, 0.2) is 43.5 Å². The van der Waals surface area contributed by atoms with Crippen LogP contribution in [-0.2, 0) is 16.0 Å². The summed E-state index contributed by atoms with van der Waals surface area (Å²) in [6.07, 6.45) is 6.11. The summed E-state index contributed by atoms with van der Waals surface area (Å²) in [7, 11) is 0. The van der Waals surface area contributed by atoms with E-state index in [1.165, 1.54) is 0 Å². The molecule has 5 rings (SSSR count). The number of rotatable bonds is 8. The first kappa shape index (κ1) is 30.0. The lowest BCUT2D eigenvalue weighted by molar-refractivity contribution is -0.137. The SMILES string of the molecule is C.C=CC1=C(C)c2cc3nc(cc4[nH]c(cc5[nH]c(cc1n2)c(C)c5C=C)c(C)c4CCC(=O)O)C(CCC(=O)O)=C3. The molecule has 0 saturated heterocycles. The van der Waals surface area contributed by atoms with Gasteiger partial charge in [-0.15, -0.1) is 0 Å². The van der Waals surface area contributed by atoms with Crippen LogP contribution in [0.3, 0.4) is 0 Å². The highest BCUT2D eigenvalue weighted by Gasteiger charge is 2.18. The van der Waals surface area contributed by atoms with Crippen LogP contribution in [0.2, 0.25) is 0 Å². The van der Waals surface area contributed by atoms with Crippen LogP contribution in [0.1, 0.15) is 78.6 Å². The van der Waals surface area contributed by atoms with Crippen LogP contribution >= 0.6 is 0 Å². The predicted octanol–water partition coefficient (Wildman–Crippen LogP) is 7.75. The Kier molecular flexibility index (Phi) is 8.47. The maximum absolute atomic E-state index is 11.5. The number of aryl methyl sites for hydroxylation is 3. The van der Waals surface area contributed by atoms with Crippen LogP contribution in [0, 0.1) is 13.8 Å². The lowest BCUT2D eigenvalue weighted by Crippen LogP contribution is -1.98. The minimum atomic E-state index is -0.890. The fourth-order valence-corrected chi connectivity index (χ4v) is 5.48. The molecule has 4 N–H and O–H groups in total. The van der Waals surface area contributed by atoms with Crippen molar-refractivity contribution in [1.82, 2.24) is 19.9 Å². The van der Waals surface area contributed by atoms with E-state index in [0.717, 1.165) is 72.4 Å². The smallest absolute Gasteiger partial charge is 0.303 e. The molecule has 0 fully saturated rings. The second-order valence-corrected chi connectivity index (χ2v) is 10.3. The normalized spacial score (nSPS) is 12.5. The molecule has 0 radical (unpaired) electrons. The van der Waals surface area contributed by atoms with Gasteiger partial charge in [0.05, 0.1) is 22.8 Å². The summed E-state index contributed by atoms with van der Waals surface area (Å²) in [5.41, 5.74) is 12.7. The Morgan fingerprint density at radius 2 is 1.43 bits per heavy atom. The fraction of sp³-hybridized carbons (Fsp3) is 0.235. The van der Waals surface area contributed by atoms with Gasteiger partial charge in [-0.25, -0.2) is 9.97 Å². The van der Waals surface area contributed by atoms with E-state index in [2.05, 4.69) is 23.1 Å². The highest BCUT2D eigenvalue weighted by Crippen LogP contribution is 2.34. The number of hydrogen-bond donors (Lipinski definition) is 4. The summed E-state index contributed by atoms with van der Waals surface area (Å²) in [6.45, 7) is 14.1. The summed E-state index contributed by atoms with van der Waals surface area (Å²) >= 11 is 0. The lowest BCUT2D eigenvalue weighted by atomic mass is 10.0. The third-order valence-corrected chi connectivity index (χ3v) is 7.77. The number of aliphatic carboxylic acids is 2. The first-order valence-electron chi connectivity index (χ1n) is 13.4. The minimum absolute atomic E-state index is 0. The number of H-pyrrole nitrogens is 2. The number of allylic oxidation sites excluding steroid dienone is 4. The molecule has 0 unspecified atom stereocenters. The van der Waals surface area contributed by atoms with E-state index in [-0.39, 0.29) is 20.3 Å². The number of carbonyl (C=O) groups is 2. The molecule has 0 amide bonds. The molecule has 8 nitrogen and oxygen atoms in total. The van der Waals surface area contributed by atoms with Gasteiger partial charge in [-0.1, -0.05) is 32.7 Å². The zero-order chi connectivity index (χ0) is 29.4. The van der Waals surface area contributed by atoms with Gasteiger partial charge in [0.1, 0.15) is 0 Å². The Morgan fingerprint density at radius 3 is 2.10 bits per heavy atom. The van der Waals surface area contributed by atoms with Gasteiger partial charge in [-0.3, -0.25) is 9.59 Å². The van der Waals surface area contributed by atoms with Gasteiger partial charge >= 0.3 is 11.9 Å². The molecular formula is C34H36N4O4. The van der Waals surface area contributed by atoms with Gasteiger partial charge in [0.15, 0.2) is 0 Å². The van der Waals surface area contributed by atoms with Gasteiger partial charge < -0.3 is 20.2 Å². The zero-order valence-corrected chi connectivity index (χ0v) is 23.4. The topological polar surface area (TPSA) is 132 Å². The maximum atomic E-state index is 11.5. The van der Waals surface area contributed by atoms with Crippen molar-refractivity contribution in [2.24, 2.45) is 0 Å². The molecule has 3 aromatic heterocycles. The molecule has 0 saturated carbocycles. The Hall–Kier alpha value is -4.98. The van der Waals surface area contributed by atoms with Crippen molar-refractivity contribution >= 4 is 62.9 Å². The van der Waals surface area contributed by atoms with E-state index in [9.17, 15) is 19.8 Å². The van der Waals surface area contributed by atoms with E-state index in [4.69, 9.17) is 9.97 Å². The maximum Gasteiger partial charge on any atom is 0.303 e. The Labute approximate surface area is 244 Å². The molecule has 8 bridgehead atoms. The van der Waals surface area contributed by atoms with E-state index < -0.39 is 11.9 Å².